The second kappa shape index (κ2) is 7.40. The van der Waals surface area contributed by atoms with Crippen LogP contribution in [0.25, 0.3) is 10.9 Å². The highest BCUT2D eigenvalue weighted by Gasteiger charge is 2.36. The molecule has 6 nitrogen and oxygen atoms in total. The maximum atomic E-state index is 12.8. The van der Waals surface area contributed by atoms with Gasteiger partial charge >= 0.3 is 0 Å². The molecule has 28 heavy (non-hydrogen) atoms. The Kier molecular flexibility index (Phi) is 5.09. The zero-order valence-corrected chi connectivity index (χ0v) is 16.9. The average Bonchev–Trinajstić information content (AvgIpc) is 3.23. The number of aromatic amines is 1. The van der Waals surface area contributed by atoms with Gasteiger partial charge in [0.15, 0.2) is 0 Å². The molecule has 0 aliphatic heterocycles. The van der Waals surface area contributed by atoms with Gasteiger partial charge in [0.1, 0.15) is 10.9 Å². The van der Waals surface area contributed by atoms with Crippen LogP contribution in [-0.4, -0.2) is 30.6 Å². The molecule has 1 amide bonds. The van der Waals surface area contributed by atoms with Crippen LogP contribution in [0.4, 0.5) is 0 Å². The van der Waals surface area contributed by atoms with E-state index in [0.717, 1.165) is 22.0 Å². The number of sulfonamides is 1. The summed E-state index contributed by atoms with van der Waals surface area (Å²) in [4.78, 5) is 15.9. The molecule has 3 N–H and O–H groups in total. The van der Waals surface area contributed by atoms with E-state index in [1.54, 1.807) is 24.3 Å². The van der Waals surface area contributed by atoms with Gasteiger partial charge in [0.2, 0.25) is 10.0 Å². The first-order valence-electron chi connectivity index (χ1n) is 8.59. The van der Waals surface area contributed by atoms with Gasteiger partial charge in [0, 0.05) is 15.9 Å². The van der Waals surface area contributed by atoms with Gasteiger partial charge in [-0.1, -0.05) is 35.9 Å². The number of aromatic nitrogens is 1. The summed E-state index contributed by atoms with van der Waals surface area (Å²) in [6.07, 6.45) is 0.517. The van der Waals surface area contributed by atoms with E-state index in [4.69, 9.17) is 23.2 Å². The number of rotatable bonds is 5. The summed E-state index contributed by atoms with van der Waals surface area (Å²) in [6.45, 7) is 0. The van der Waals surface area contributed by atoms with Gasteiger partial charge in [-0.2, -0.15) is 0 Å². The third-order valence-electron chi connectivity index (χ3n) is 4.83. The van der Waals surface area contributed by atoms with Crippen molar-refractivity contribution in [2.24, 2.45) is 0 Å². The number of carbonyl (C=O) groups excluding carboxylic acids is 1. The summed E-state index contributed by atoms with van der Waals surface area (Å²) in [5.74, 6) is -0.319. The van der Waals surface area contributed by atoms with E-state index in [-0.39, 0.29) is 5.91 Å². The van der Waals surface area contributed by atoms with Crippen LogP contribution in [0.2, 0.25) is 5.02 Å². The lowest BCUT2D eigenvalue weighted by molar-refractivity contribution is 0.0927. The van der Waals surface area contributed by atoms with Gasteiger partial charge in [-0.3, -0.25) is 4.79 Å². The highest BCUT2D eigenvalue weighted by Crippen LogP contribution is 2.32. The maximum absolute atomic E-state index is 12.8. The molecule has 0 bridgehead atoms. The molecule has 0 spiro atoms. The third-order valence-corrected chi connectivity index (χ3v) is 6.82. The Morgan fingerprint density at radius 1 is 1.18 bits per heavy atom. The lowest BCUT2D eigenvalue weighted by Crippen LogP contribution is -2.44. The molecule has 2 unspecified atom stereocenters. The molecule has 2 aromatic carbocycles. The summed E-state index contributed by atoms with van der Waals surface area (Å²) < 4.78 is 26.7. The zero-order chi connectivity index (χ0) is 19.9. The van der Waals surface area contributed by atoms with Crippen molar-refractivity contribution in [3.05, 3.63) is 70.4 Å². The first-order valence-corrected chi connectivity index (χ1v) is 11.2. The molecule has 1 heterocycles. The molecular weight excluding hydrogens is 421 g/mol. The zero-order valence-electron chi connectivity index (χ0n) is 14.6. The molecule has 0 saturated heterocycles. The van der Waals surface area contributed by atoms with E-state index in [1.807, 2.05) is 24.3 Å². The topological polar surface area (TPSA) is 91.1 Å². The normalized spacial score (nSPS) is 18.9. The number of benzene rings is 2. The minimum atomic E-state index is -3.66. The monoisotopic (exact) mass is 437 g/mol. The van der Waals surface area contributed by atoms with Crippen molar-refractivity contribution in [3.8, 4) is 0 Å². The molecule has 1 aliphatic carbocycles. The van der Waals surface area contributed by atoms with Crippen LogP contribution in [0.15, 0.2) is 48.5 Å². The lowest BCUT2D eigenvalue weighted by Gasteiger charge is -2.22. The van der Waals surface area contributed by atoms with Crippen molar-refractivity contribution in [1.82, 2.24) is 15.0 Å². The number of carbonyl (C=O) groups is 1. The maximum Gasteiger partial charge on any atom is 0.268 e. The van der Waals surface area contributed by atoms with Crippen molar-refractivity contribution in [2.45, 2.75) is 18.5 Å². The Morgan fingerprint density at radius 3 is 2.75 bits per heavy atom. The second-order valence-electron chi connectivity index (χ2n) is 6.72. The van der Waals surface area contributed by atoms with E-state index in [1.165, 1.54) is 0 Å². The van der Waals surface area contributed by atoms with Crippen LogP contribution in [-0.2, 0) is 16.4 Å². The fourth-order valence-corrected chi connectivity index (χ4v) is 4.68. The smallest absolute Gasteiger partial charge is 0.268 e. The van der Waals surface area contributed by atoms with Crippen LogP contribution in [0.1, 0.15) is 27.7 Å². The standard InChI is InChI=1S/C19H17Cl2N3O3S/c20-10-28(26,27)24-18-14-4-2-1-3-11(14)8-16(18)23-19(25)17-9-12-7-13(21)5-6-15(12)22-17/h1-7,9,16,18,22,24H,8,10H2,(H,23,25). The second-order valence-corrected chi connectivity index (χ2v) is 9.49. The molecule has 0 saturated carbocycles. The predicted octanol–water partition coefficient (Wildman–Crippen LogP) is 3.33. The molecule has 4 rings (SSSR count). The summed E-state index contributed by atoms with van der Waals surface area (Å²) in [5.41, 5.74) is 3.00. The van der Waals surface area contributed by atoms with Crippen LogP contribution >= 0.6 is 23.2 Å². The largest absolute Gasteiger partial charge is 0.351 e. The summed E-state index contributed by atoms with van der Waals surface area (Å²) in [6, 6.07) is 13.5. The van der Waals surface area contributed by atoms with Gasteiger partial charge in [-0.25, -0.2) is 13.1 Å². The van der Waals surface area contributed by atoms with Crippen LogP contribution in [0.3, 0.4) is 0 Å². The number of hydrogen-bond donors (Lipinski definition) is 3. The first-order chi connectivity index (χ1) is 13.4. The van der Waals surface area contributed by atoms with Gasteiger partial charge in [0.25, 0.3) is 5.91 Å². The predicted molar refractivity (Wildman–Crippen MR) is 110 cm³/mol. The Balaban J connectivity index is 1.60. The Morgan fingerprint density at radius 2 is 1.96 bits per heavy atom. The van der Waals surface area contributed by atoms with Gasteiger partial charge < -0.3 is 10.3 Å². The molecule has 0 fully saturated rings. The van der Waals surface area contributed by atoms with Crippen LogP contribution in [0, 0.1) is 0 Å². The molecule has 1 aromatic heterocycles. The van der Waals surface area contributed by atoms with Crippen molar-refractivity contribution in [2.75, 3.05) is 5.21 Å². The van der Waals surface area contributed by atoms with E-state index in [2.05, 4.69) is 15.0 Å². The van der Waals surface area contributed by atoms with Gasteiger partial charge in [-0.15, -0.1) is 11.6 Å². The van der Waals surface area contributed by atoms with Crippen LogP contribution < -0.4 is 10.0 Å². The summed E-state index contributed by atoms with van der Waals surface area (Å²) >= 11 is 11.6. The quantitative estimate of drug-likeness (QED) is 0.534. The number of hydrogen-bond acceptors (Lipinski definition) is 3. The number of amides is 1. The van der Waals surface area contributed by atoms with Crippen LogP contribution in [0.5, 0.6) is 0 Å². The van der Waals surface area contributed by atoms with Gasteiger partial charge in [0.05, 0.1) is 12.1 Å². The molecular formula is C19H17Cl2N3O3S. The fraction of sp³-hybridized carbons (Fsp3) is 0.211. The first kappa shape index (κ1) is 19.3. The van der Waals surface area contributed by atoms with E-state index in [9.17, 15) is 13.2 Å². The highest BCUT2D eigenvalue weighted by atomic mass is 35.5. The Hall–Kier alpha value is -2.06. The fourth-order valence-electron chi connectivity index (χ4n) is 3.57. The SMILES string of the molecule is O=C(NC1Cc2ccccc2C1NS(=O)(=O)CCl)c1cc2cc(Cl)ccc2[nH]1. The molecule has 2 atom stereocenters. The van der Waals surface area contributed by atoms with Crippen molar-refractivity contribution in [3.63, 3.8) is 0 Å². The molecule has 3 aromatic rings. The number of halogens is 2. The van der Waals surface area contributed by atoms with Crippen molar-refractivity contribution < 1.29 is 13.2 Å². The summed E-state index contributed by atoms with van der Waals surface area (Å²) in [5, 5.41) is 3.80. The van der Waals surface area contributed by atoms with E-state index >= 15 is 0 Å². The van der Waals surface area contributed by atoms with E-state index < -0.39 is 27.3 Å². The Bertz CT molecular complexity index is 1160. The minimum absolute atomic E-state index is 0.319. The minimum Gasteiger partial charge on any atom is -0.351 e. The lowest BCUT2D eigenvalue weighted by atomic mass is 10.1. The average molecular weight is 438 g/mol. The number of H-pyrrole nitrogens is 1. The van der Waals surface area contributed by atoms with E-state index in [0.29, 0.717) is 17.1 Å². The molecule has 0 radical (unpaired) electrons. The third kappa shape index (κ3) is 3.75. The van der Waals surface area contributed by atoms with Crippen molar-refractivity contribution in [1.29, 1.82) is 0 Å². The number of nitrogens with one attached hydrogen (secondary N) is 3. The highest BCUT2D eigenvalue weighted by molar-refractivity contribution is 7.90. The van der Waals surface area contributed by atoms with Gasteiger partial charge in [-0.05, 0) is 41.8 Å². The Labute approximate surface area is 172 Å². The molecule has 1 aliphatic rings. The molecule has 9 heteroatoms. The number of alkyl halides is 1. The number of fused-ring (bicyclic) bond motifs is 2. The summed E-state index contributed by atoms with van der Waals surface area (Å²) in [7, 11) is -3.66. The van der Waals surface area contributed by atoms with Crippen molar-refractivity contribution >= 4 is 50.0 Å². The molecule has 146 valence electrons.